The number of aliphatic hydroxyl groups excluding tert-OH is 7. The summed E-state index contributed by atoms with van der Waals surface area (Å²) >= 11 is 0. The zero-order valence-corrected chi connectivity index (χ0v) is 34.1. The lowest BCUT2D eigenvalue weighted by Crippen LogP contribution is -2.67. The normalized spacial score (nSPS) is 54.7. The second-order valence-corrected chi connectivity index (χ2v) is 21.0. The summed E-state index contributed by atoms with van der Waals surface area (Å²) in [5.41, 5.74) is -1.16. The number of carbonyl (C=O) groups is 2. The number of rotatable bonds is 6. The number of hydrogen-bond donors (Lipinski definition) is 8. The van der Waals surface area contributed by atoms with E-state index in [9.17, 15) is 50.4 Å². The molecule has 57 heavy (non-hydrogen) atoms. The van der Waals surface area contributed by atoms with Gasteiger partial charge in [0.2, 0.25) is 6.29 Å². The van der Waals surface area contributed by atoms with Crippen LogP contribution in [0.25, 0.3) is 0 Å². The second-order valence-electron chi connectivity index (χ2n) is 21.0. The van der Waals surface area contributed by atoms with Gasteiger partial charge in [0.1, 0.15) is 42.7 Å². The molecule has 15 heteroatoms. The third kappa shape index (κ3) is 5.91. The number of allylic oxidation sites excluding steroid dienone is 1. The third-order valence-electron chi connectivity index (χ3n) is 17.1. The van der Waals surface area contributed by atoms with Crippen LogP contribution in [-0.2, 0) is 33.3 Å². The summed E-state index contributed by atoms with van der Waals surface area (Å²) in [6.45, 7) is 15.1. The summed E-state index contributed by atoms with van der Waals surface area (Å²) in [4.78, 5) is 26.5. The number of aliphatic carboxylic acids is 1. The van der Waals surface area contributed by atoms with Crippen LogP contribution in [0.15, 0.2) is 11.6 Å². The third-order valence-corrected chi connectivity index (χ3v) is 17.1. The Morgan fingerprint density at radius 2 is 1.44 bits per heavy atom. The van der Waals surface area contributed by atoms with Crippen molar-refractivity contribution in [2.45, 2.75) is 180 Å². The monoisotopic (exact) mass is 808 g/mol. The van der Waals surface area contributed by atoms with Crippen molar-refractivity contribution in [3.63, 3.8) is 0 Å². The Balaban J connectivity index is 1.09. The van der Waals surface area contributed by atoms with Crippen molar-refractivity contribution in [2.24, 2.45) is 50.2 Å². The molecule has 0 aromatic carbocycles. The van der Waals surface area contributed by atoms with Crippen molar-refractivity contribution >= 4 is 11.9 Å². The molecule has 0 aromatic heterocycles. The zero-order chi connectivity index (χ0) is 41.6. The number of ether oxygens (including phenoxy) is 5. The molecule has 7 fully saturated rings. The van der Waals surface area contributed by atoms with E-state index in [0.717, 1.165) is 32.1 Å². The highest BCUT2D eigenvalue weighted by Gasteiger charge is 2.78. The summed E-state index contributed by atoms with van der Waals surface area (Å²) < 4.78 is 30.5. The van der Waals surface area contributed by atoms with Gasteiger partial charge in [0.05, 0.1) is 30.3 Å². The van der Waals surface area contributed by atoms with Crippen LogP contribution < -0.4 is 0 Å². The molecule has 0 amide bonds. The number of esters is 1. The van der Waals surface area contributed by atoms with Crippen molar-refractivity contribution in [3.05, 3.63) is 11.6 Å². The van der Waals surface area contributed by atoms with E-state index < -0.39 is 102 Å². The number of hydrogen-bond acceptors (Lipinski definition) is 14. The van der Waals surface area contributed by atoms with Gasteiger partial charge in [0, 0.05) is 11.3 Å². The predicted octanol–water partition coefficient (Wildman–Crippen LogP) is 1.40. The van der Waals surface area contributed by atoms with Gasteiger partial charge in [-0.1, -0.05) is 60.1 Å². The summed E-state index contributed by atoms with van der Waals surface area (Å²) in [7, 11) is 0. The fourth-order valence-corrected chi connectivity index (χ4v) is 14.2. The van der Waals surface area contributed by atoms with Crippen LogP contribution in [0.5, 0.6) is 0 Å². The molecule has 4 saturated carbocycles. The smallest absolute Gasteiger partial charge is 0.335 e. The van der Waals surface area contributed by atoms with Gasteiger partial charge in [-0.15, -0.1) is 0 Å². The van der Waals surface area contributed by atoms with Crippen LogP contribution in [0.4, 0.5) is 0 Å². The van der Waals surface area contributed by atoms with E-state index in [1.54, 1.807) is 0 Å². The SMILES string of the molecule is CC1(C)CC[C@]2(C(=O)O[C@@H]3O[C@H](CO)[C@@H](O)[C@H](O)[C@H]3O)CC=C3[C@](C)([C@@H]2C1)[C@H]1O[C@H]1[C@@H]1[C@@]2(C)CC[C@H](O[C@@H]4O[C@H](C(=O)O)[C@@H](O)[C@H](O)[C@H]4O)C(C)(C)[C@@H]2CC[C@@]31C. The Morgan fingerprint density at radius 3 is 2.11 bits per heavy atom. The van der Waals surface area contributed by atoms with E-state index in [1.807, 2.05) is 0 Å². The van der Waals surface area contributed by atoms with E-state index in [-0.39, 0.29) is 46.2 Å². The first kappa shape index (κ1) is 42.0. The van der Waals surface area contributed by atoms with Gasteiger partial charge in [0.15, 0.2) is 12.4 Å². The minimum Gasteiger partial charge on any atom is -0.479 e. The summed E-state index contributed by atoms with van der Waals surface area (Å²) in [5.74, 6) is -1.86. The molecule has 0 aromatic rings. The Kier molecular flexibility index (Phi) is 10.0. The van der Waals surface area contributed by atoms with Crippen molar-refractivity contribution in [1.29, 1.82) is 0 Å². The highest BCUT2D eigenvalue weighted by molar-refractivity contribution is 5.79. The molecular formula is C42H64O15. The minimum atomic E-state index is -1.80. The van der Waals surface area contributed by atoms with Crippen LogP contribution in [0.1, 0.15) is 99.8 Å². The second kappa shape index (κ2) is 13.6. The molecule has 0 unspecified atom stereocenters. The molecule has 8 rings (SSSR count). The Hall–Kier alpha value is -1.76. The summed E-state index contributed by atoms with van der Waals surface area (Å²) in [6.07, 6.45) is -8.86. The lowest BCUT2D eigenvalue weighted by molar-refractivity contribution is -0.323. The molecule has 8 aliphatic rings. The Bertz CT molecular complexity index is 1650. The summed E-state index contributed by atoms with van der Waals surface area (Å²) in [5, 5.41) is 82.6. The fourth-order valence-electron chi connectivity index (χ4n) is 14.2. The maximum absolute atomic E-state index is 14.7. The van der Waals surface area contributed by atoms with Crippen molar-refractivity contribution in [2.75, 3.05) is 6.61 Å². The fraction of sp³-hybridized carbons (Fsp3) is 0.905. The average molecular weight is 809 g/mol. The number of aliphatic hydroxyl groups is 7. The largest absolute Gasteiger partial charge is 0.479 e. The van der Waals surface area contributed by atoms with Gasteiger partial charge in [0.25, 0.3) is 0 Å². The minimum absolute atomic E-state index is 0.0722. The first-order chi connectivity index (χ1) is 26.5. The number of epoxide rings is 1. The molecule has 20 atom stereocenters. The highest BCUT2D eigenvalue weighted by Crippen LogP contribution is 2.78. The molecule has 322 valence electrons. The highest BCUT2D eigenvalue weighted by atomic mass is 16.7. The van der Waals surface area contributed by atoms with Crippen molar-refractivity contribution < 1.29 is 74.1 Å². The standard InChI is InChI=1S/C42H64O15/c1-37(2)14-15-42(36(52)57-34-27(48)24(45)23(44)18(17-43)53-34)13-9-20-40(6)11-8-19-38(3,4)22(54-35-28(49)25(46)26(47)29(56-35)33(50)51)10-12-39(19,5)31(40)30-32(55-30)41(20,7)21(42)16-37/h9,18-19,21-32,34-35,43-49H,8,10-17H2,1-7H3,(H,50,51)/t18-,19+,21+,22+,23-,24+,25+,26+,27-,28-,29+,30+,31-,32+,34+,35-,39+,40+,41-,42-/m1/s1. The maximum atomic E-state index is 14.7. The predicted molar refractivity (Wildman–Crippen MR) is 198 cm³/mol. The first-order valence-electron chi connectivity index (χ1n) is 21.0. The number of carboxylic acid groups (broad SMARTS) is 1. The van der Waals surface area contributed by atoms with Gasteiger partial charge in [-0.25, -0.2) is 4.79 Å². The molecular weight excluding hydrogens is 744 g/mol. The van der Waals surface area contributed by atoms with Crippen LogP contribution >= 0.6 is 0 Å². The number of carboxylic acids is 1. The lowest BCUT2D eigenvalue weighted by Gasteiger charge is -2.69. The first-order valence-corrected chi connectivity index (χ1v) is 21.0. The van der Waals surface area contributed by atoms with Gasteiger partial charge in [-0.3, -0.25) is 4.79 Å². The van der Waals surface area contributed by atoms with Crippen molar-refractivity contribution in [1.82, 2.24) is 0 Å². The Labute approximate surface area is 333 Å². The van der Waals surface area contributed by atoms with Gasteiger partial charge < -0.3 is 64.5 Å². The molecule has 3 aliphatic heterocycles. The maximum Gasteiger partial charge on any atom is 0.335 e. The molecule has 0 spiro atoms. The molecule has 8 N–H and O–H groups in total. The number of fused-ring (bicyclic) bond motifs is 10. The van der Waals surface area contributed by atoms with E-state index in [1.165, 1.54) is 5.57 Å². The van der Waals surface area contributed by atoms with Crippen molar-refractivity contribution in [3.8, 4) is 0 Å². The Morgan fingerprint density at radius 1 is 0.772 bits per heavy atom. The van der Waals surface area contributed by atoms with Gasteiger partial charge in [-0.05, 0) is 84.9 Å². The average Bonchev–Trinajstić information content (AvgIpc) is 3.94. The van der Waals surface area contributed by atoms with Gasteiger partial charge >= 0.3 is 11.9 Å². The molecule has 0 bridgehead atoms. The van der Waals surface area contributed by atoms with E-state index in [4.69, 9.17) is 23.7 Å². The topological polar surface area (TPSA) is 245 Å². The molecule has 3 saturated heterocycles. The van der Waals surface area contributed by atoms with E-state index in [0.29, 0.717) is 19.3 Å². The molecule has 0 radical (unpaired) electrons. The lowest BCUT2D eigenvalue weighted by atomic mass is 9.34. The molecule has 3 heterocycles. The van der Waals surface area contributed by atoms with Crippen LogP contribution in [0.2, 0.25) is 0 Å². The van der Waals surface area contributed by atoms with Crippen LogP contribution in [0.3, 0.4) is 0 Å². The number of carbonyl (C=O) groups excluding carboxylic acids is 1. The van der Waals surface area contributed by atoms with Crippen LogP contribution in [-0.4, -0.2) is 139 Å². The zero-order valence-electron chi connectivity index (χ0n) is 34.1. The van der Waals surface area contributed by atoms with E-state index >= 15 is 0 Å². The van der Waals surface area contributed by atoms with Gasteiger partial charge in [-0.2, -0.15) is 0 Å². The summed E-state index contributed by atoms with van der Waals surface area (Å²) in [6, 6.07) is 0. The molecule has 5 aliphatic carbocycles. The molecule has 15 nitrogen and oxygen atoms in total. The quantitative estimate of drug-likeness (QED) is 0.0818. The van der Waals surface area contributed by atoms with E-state index in [2.05, 4.69) is 54.5 Å². The van der Waals surface area contributed by atoms with Crippen LogP contribution in [0, 0.1) is 50.2 Å².